The molecule has 0 saturated carbocycles. The molecule has 0 aliphatic carbocycles. The van der Waals surface area contributed by atoms with E-state index < -0.39 is 4.92 Å². The van der Waals surface area contributed by atoms with Crippen LogP contribution >= 0.6 is 24.2 Å². The molecule has 0 unspecified atom stereocenters. The summed E-state index contributed by atoms with van der Waals surface area (Å²) in [5.74, 6) is 0. The molecule has 1 aromatic carbocycles. The summed E-state index contributed by atoms with van der Waals surface area (Å²) < 4.78 is 0. The maximum absolute atomic E-state index is 10.4. The van der Waals surface area contributed by atoms with E-state index in [0.29, 0.717) is 10.5 Å². The van der Waals surface area contributed by atoms with Gasteiger partial charge in [0.1, 0.15) is 5.02 Å². The van der Waals surface area contributed by atoms with Crippen molar-refractivity contribution in [2.24, 2.45) is 0 Å². The fourth-order valence-electron chi connectivity index (χ4n) is 0.865. The first kappa shape index (κ1) is 9.35. The lowest BCUT2D eigenvalue weighted by Gasteiger charge is -1.99. The molecule has 0 bridgehead atoms. The zero-order chi connectivity index (χ0) is 9.30. The van der Waals surface area contributed by atoms with Gasteiger partial charge in [0.25, 0.3) is 5.69 Å². The first-order chi connectivity index (χ1) is 5.52. The lowest BCUT2D eigenvalue weighted by molar-refractivity contribution is -0.384. The van der Waals surface area contributed by atoms with E-state index in [1.165, 1.54) is 6.07 Å². The normalized spacial score (nSPS) is 9.92. The van der Waals surface area contributed by atoms with Crippen LogP contribution in [0.4, 0.5) is 5.69 Å². The van der Waals surface area contributed by atoms with Crippen molar-refractivity contribution < 1.29 is 4.92 Å². The second-order valence-electron chi connectivity index (χ2n) is 2.35. The molecule has 0 heterocycles. The Morgan fingerprint density at radius 2 is 2.17 bits per heavy atom. The first-order valence-corrected chi connectivity index (χ1v) is 3.98. The molecule has 5 heteroatoms. The molecule has 12 heavy (non-hydrogen) atoms. The molecule has 1 aromatic rings. The van der Waals surface area contributed by atoms with E-state index in [9.17, 15) is 10.1 Å². The molecule has 64 valence electrons. The Bertz CT molecular complexity index is 340. The smallest absolute Gasteiger partial charge is 0.258 e. The van der Waals surface area contributed by atoms with Crippen LogP contribution in [0.1, 0.15) is 5.56 Å². The van der Waals surface area contributed by atoms with Crippen LogP contribution in [-0.4, -0.2) is 4.92 Å². The minimum atomic E-state index is -0.519. The maximum atomic E-state index is 10.4. The molecule has 0 radical (unpaired) electrons. The average Bonchev–Trinajstić information content (AvgIpc) is 1.96. The van der Waals surface area contributed by atoms with Crippen molar-refractivity contribution >= 4 is 29.9 Å². The fraction of sp³-hybridized carbons (Fsp3) is 0.143. The number of nitro benzene ring substituents is 1. The van der Waals surface area contributed by atoms with Crippen molar-refractivity contribution in [1.82, 2.24) is 0 Å². The molecule has 0 aromatic heterocycles. The number of hydrogen-bond acceptors (Lipinski definition) is 3. The number of thiol groups is 1. The van der Waals surface area contributed by atoms with Crippen LogP contribution in [0.15, 0.2) is 17.0 Å². The summed E-state index contributed by atoms with van der Waals surface area (Å²) >= 11 is 9.69. The summed E-state index contributed by atoms with van der Waals surface area (Å²) in [6, 6.07) is 3.01. The third-order valence-electron chi connectivity index (χ3n) is 1.42. The molecule has 0 atom stereocenters. The lowest BCUT2D eigenvalue weighted by Crippen LogP contribution is -1.90. The van der Waals surface area contributed by atoms with Crippen LogP contribution in [0.3, 0.4) is 0 Å². The van der Waals surface area contributed by atoms with Gasteiger partial charge < -0.3 is 0 Å². The summed E-state index contributed by atoms with van der Waals surface area (Å²) in [6.45, 7) is 1.70. The van der Waals surface area contributed by atoms with Crippen LogP contribution < -0.4 is 0 Å². The second-order valence-corrected chi connectivity index (χ2v) is 3.25. The third kappa shape index (κ3) is 1.70. The lowest BCUT2D eigenvalue weighted by atomic mass is 10.2. The van der Waals surface area contributed by atoms with Gasteiger partial charge in [0.2, 0.25) is 0 Å². The number of hydrogen-bond donors (Lipinski definition) is 1. The number of halogens is 1. The summed E-state index contributed by atoms with van der Waals surface area (Å²) in [5.41, 5.74) is 0.567. The highest BCUT2D eigenvalue weighted by Gasteiger charge is 2.14. The molecular weight excluding hydrogens is 198 g/mol. The van der Waals surface area contributed by atoms with Crippen molar-refractivity contribution in [2.45, 2.75) is 11.8 Å². The van der Waals surface area contributed by atoms with Gasteiger partial charge in [-0.15, -0.1) is 12.6 Å². The third-order valence-corrected chi connectivity index (χ3v) is 2.17. The van der Waals surface area contributed by atoms with Gasteiger partial charge in [-0.25, -0.2) is 0 Å². The van der Waals surface area contributed by atoms with Gasteiger partial charge in [-0.1, -0.05) is 11.6 Å². The number of rotatable bonds is 1. The Kier molecular flexibility index (Phi) is 2.59. The number of aryl methyl sites for hydroxylation is 1. The zero-order valence-electron chi connectivity index (χ0n) is 6.24. The molecule has 0 aliphatic heterocycles. The fourth-order valence-corrected chi connectivity index (χ4v) is 1.36. The number of nitrogens with zero attached hydrogens (tertiary/aromatic N) is 1. The highest BCUT2D eigenvalue weighted by Crippen LogP contribution is 2.30. The van der Waals surface area contributed by atoms with Gasteiger partial charge >= 0.3 is 0 Å². The highest BCUT2D eigenvalue weighted by atomic mass is 35.5. The summed E-state index contributed by atoms with van der Waals surface area (Å²) in [4.78, 5) is 10.4. The van der Waals surface area contributed by atoms with E-state index in [1.54, 1.807) is 13.0 Å². The molecule has 0 aliphatic rings. The van der Waals surface area contributed by atoms with Crippen molar-refractivity contribution in [2.75, 3.05) is 0 Å². The van der Waals surface area contributed by atoms with Crippen molar-refractivity contribution in [3.63, 3.8) is 0 Å². The van der Waals surface area contributed by atoms with Crippen LogP contribution in [-0.2, 0) is 0 Å². The molecule has 0 amide bonds. The van der Waals surface area contributed by atoms with Gasteiger partial charge in [-0.3, -0.25) is 10.1 Å². The maximum Gasteiger partial charge on any atom is 0.289 e. The largest absolute Gasteiger partial charge is 0.289 e. The number of nitro groups is 1. The van der Waals surface area contributed by atoms with Crippen molar-refractivity contribution in [3.05, 3.63) is 32.8 Å². The van der Waals surface area contributed by atoms with Gasteiger partial charge in [-0.2, -0.15) is 0 Å². The molecule has 0 saturated heterocycles. The Labute approximate surface area is 79.9 Å². The molecule has 0 N–H and O–H groups in total. The van der Waals surface area contributed by atoms with E-state index in [0.717, 1.165) is 0 Å². The van der Waals surface area contributed by atoms with Crippen molar-refractivity contribution in [3.8, 4) is 0 Å². The molecule has 3 nitrogen and oxygen atoms in total. The average molecular weight is 204 g/mol. The minimum absolute atomic E-state index is 0.0957. The van der Waals surface area contributed by atoms with Crippen LogP contribution in [0, 0.1) is 17.0 Å². The molecule has 1 rings (SSSR count). The van der Waals surface area contributed by atoms with Gasteiger partial charge in [0.15, 0.2) is 0 Å². The van der Waals surface area contributed by atoms with Gasteiger partial charge in [-0.05, 0) is 18.6 Å². The van der Waals surface area contributed by atoms with Crippen LogP contribution in [0.5, 0.6) is 0 Å². The Balaban J connectivity index is 3.37. The summed E-state index contributed by atoms with van der Waals surface area (Å²) in [5, 5.41) is 10.6. The Morgan fingerprint density at radius 3 is 2.67 bits per heavy atom. The second kappa shape index (κ2) is 3.33. The molecular formula is C7H6ClNO2S. The number of benzene rings is 1. The zero-order valence-corrected chi connectivity index (χ0v) is 7.89. The standard InChI is InChI=1S/C7H6ClNO2S/c1-4-2-5(12)3-6(7(4)8)9(10)11/h2-3,12H,1H3. The summed E-state index contributed by atoms with van der Waals surface area (Å²) in [6.07, 6.45) is 0. The summed E-state index contributed by atoms with van der Waals surface area (Å²) in [7, 11) is 0. The van der Waals surface area contributed by atoms with Gasteiger partial charge in [0.05, 0.1) is 4.92 Å². The van der Waals surface area contributed by atoms with E-state index >= 15 is 0 Å². The highest BCUT2D eigenvalue weighted by molar-refractivity contribution is 7.80. The minimum Gasteiger partial charge on any atom is -0.258 e. The van der Waals surface area contributed by atoms with E-state index in [2.05, 4.69) is 12.6 Å². The predicted molar refractivity (Wildman–Crippen MR) is 50.1 cm³/mol. The van der Waals surface area contributed by atoms with E-state index in [1.807, 2.05) is 0 Å². The molecule has 0 fully saturated rings. The van der Waals surface area contributed by atoms with Gasteiger partial charge in [0, 0.05) is 11.0 Å². The van der Waals surface area contributed by atoms with E-state index in [4.69, 9.17) is 11.6 Å². The SMILES string of the molecule is Cc1cc(S)cc([N+](=O)[O-])c1Cl. The topological polar surface area (TPSA) is 43.1 Å². The van der Waals surface area contributed by atoms with Crippen molar-refractivity contribution in [1.29, 1.82) is 0 Å². The van der Waals surface area contributed by atoms with Crippen LogP contribution in [0.2, 0.25) is 5.02 Å². The Morgan fingerprint density at radius 1 is 1.58 bits per heavy atom. The first-order valence-electron chi connectivity index (χ1n) is 3.16. The monoisotopic (exact) mass is 203 g/mol. The van der Waals surface area contributed by atoms with Crippen LogP contribution in [0.25, 0.3) is 0 Å². The quantitative estimate of drug-likeness (QED) is 0.433. The predicted octanol–water partition coefficient (Wildman–Crippen LogP) is 2.85. The van der Waals surface area contributed by atoms with E-state index in [-0.39, 0.29) is 10.7 Å². The molecule has 0 spiro atoms. The Hall–Kier alpha value is -0.740.